The molecule has 6 nitrogen and oxygen atoms in total. The number of rotatable bonds is 9. The minimum Gasteiger partial charge on any atom is -0.481 e. The van der Waals surface area contributed by atoms with Gasteiger partial charge in [-0.2, -0.15) is 5.10 Å². The van der Waals surface area contributed by atoms with Crippen molar-refractivity contribution in [3.05, 3.63) is 28.5 Å². The van der Waals surface area contributed by atoms with Gasteiger partial charge >= 0.3 is 5.97 Å². The van der Waals surface area contributed by atoms with Gasteiger partial charge < -0.3 is 5.11 Å². The summed E-state index contributed by atoms with van der Waals surface area (Å²) < 4.78 is 0.807. The summed E-state index contributed by atoms with van der Waals surface area (Å²) in [5.74, 6) is -0.918. The maximum absolute atomic E-state index is 11.5. The predicted octanol–water partition coefficient (Wildman–Crippen LogP) is 2.72. The van der Waals surface area contributed by atoms with Crippen LogP contribution in [-0.4, -0.2) is 28.2 Å². The molecule has 2 N–H and O–H groups in total. The number of nitrogens with one attached hydrogen (secondary N) is 1. The fourth-order valence-electron chi connectivity index (χ4n) is 1.64. The number of pyridine rings is 1. The third-order valence-corrected chi connectivity index (χ3v) is 3.40. The van der Waals surface area contributed by atoms with Crippen LogP contribution in [0.3, 0.4) is 0 Å². The van der Waals surface area contributed by atoms with Gasteiger partial charge in [-0.25, -0.2) is 5.43 Å². The lowest BCUT2D eigenvalue weighted by Crippen LogP contribution is -2.16. The van der Waals surface area contributed by atoms with Crippen molar-refractivity contribution >= 4 is 34.0 Å². The summed E-state index contributed by atoms with van der Waals surface area (Å²) in [5.41, 5.74) is 3.30. The van der Waals surface area contributed by atoms with Gasteiger partial charge in [-0.1, -0.05) is 12.8 Å². The van der Waals surface area contributed by atoms with Crippen molar-refractivity contribution in [3.8, 4) is 0 Å². The molecule has 1 amide bonds. The van der Waals surface area contributed by atoms with Crippen LogP contribution >= 0.6 is 15.9 Å². The van der Waals surface area contributed by atoms with Gasteiger partial charge in [0.05, 0.1) is 6.21 Å². The second-order valence-electron chi connectivity index (χ2n) is 4.50. The number of carboxylic acid groups (broad SMARTS) is 1. The van der Waals surface area contributed by atoms with Gasteiger partial charge in [-0.3, -0.25) is 14.6 Å². The molecule has 0 bridgehead atoms. The average molecular weight is 356 g/mol. The molecule has 0 aliphatic rings. The Hall–Kier alpha value is -1.76. The Kier molecular flexibility index (Phi) is 8.27. The molecule has 0 saturated carbocycles. The summed E-state index contributed by atoms with van der Waals surface area (Å²) in [6, 6.07) is 1.78. The molecular weight excluding hydrogens is 338 g/mol. The number of carbonyl (C=O) groups is 2. The van der Waals surface area contributed by atoms with E-state index in [0.717, 1.165) is 29.3 Å². The number of carbonyl (C=O) groups excluding carboxylic acids is 1. The van der Waals surface area contributed by atoms with E-state index in [9.17, 15) is 9.59 Å². The van der Waals surface area contributed by atoms with Crippen LogP contribution in [0.5, 0.6) is 0 Å². The third-order valence-electron chi connectivity index (χ3n) is 2.74. The molecule has 0 radical (unpaired) electrons. The lowest BCUT2D eigenvalue weighted by molar-refractivity contribution is -0.137. The number of hydrazone groups is 1. The lowest BCUT2D eigenvalue weighted by atomic mass is 10.1. The van der Waals surface area contributed by atoms with E-state index in [2.05, 4.69) is 31.4 Å². The van der Waals surface area contributed by atoms with Crippen LogP contribution in [0.2, 0.25) is 0 Å². The highest BCUT2D eigenvalue weighted by Gasteiger charge is 2.01. The Balaban J connectivity index is 2.14. The van der Waals surface area contributed by atoms with Crippen LogP contribution in [0.15, 0.2) is 28.0 Å². The van der Waals surface area contributed by atoms with Crippen molar-refractivity contribution < 1.29 is 14.7 Å². The molecule has 0 fully saturated rings. The number of unbranched alkanes of at least 4 members (excludes halogenated alkanes) is 3. The lowest BCUT2D eigenvalue weighted by Gasteiger charge is -2.00. The van der Waals surface area contributed by atoms with Gasteiger partial charge in [0.15, 0.2) is 0 Å². The molecule has 1 heterocycles. The summed E-state index contributed by atoms with van der Waals surface area (Å²) in [6.07, 6.45) is 8.50. The molecule has 1 aromatic heterocycles. The zero-order valence-electron chi connectivity index (χ0n) is 11.6. The number of aromatic nitrogens is 1. The average Bonchev–Trinajstić information content (AvgIpc) is 2.44. The van der Waals surface area contributed by atoms with Gasteiger partial charge in [-0.15, -0.1) is 0 Å². The molecule has 0 aliphatic carbocycles. The Morgan fingerprint density at radius 1 is 1.29 bits per heavy atom. The highest BCUT2D eigenvalue weighted by molar-refractivity contribution is 9.10. The molecular formula is C14H18BrN3O3. The molecule has 0 unspecified atom stereocenters. The minimum atomic E-state index is -0.774. The third kappa shape index (κ3) is 8.19. The number of amides is 1. The maximum atomic E-state index is 11.5. The van der Waals surface area contributed by atoms with Crippen LogP contribution < -0.4 is 5.43 Å². The summed E-state index contributed by atoms with van der Waals surface area (Å²) in [5, 5.41) is 12.4. The smallest absolute Gasteiger partial charge is 0.303 e. The standard InChI is InChI=1S/C14H18BrN3O3/c15-12-10-16-8-7-11(12)9-17-18-13(19)5-3-1-2-4-6-14(20)21/h7-10H,1-6H2,(H,18,19)(H,20,21)/b17-9+. The van der Waals surface area contributed by atoms with E-state index in [1.807, 2.05) is 0 Å². The summed E-state index contributed by atoms with van der Waals surface area (Å²) >= 11 is 3.33. The van der Waals surface area contributed by atoms with E-state index in [0.29, 0.717) is 12.8 Å². The Morgan fingerprint density at radius 2 is 2.00 bits per heavy atom. The van der Waals surface area contributed by atoms with Gasteiger partial charge in [0, 0.05) is 35.3 Å². The molecule has 1 aromatic rings. The van der Waals surface area contributed by atoms with Gasteiger partial charge in [0.2, 0.25) is 5.91 Å². The monoisotopic (exact) mass is 355 g/mol. The first kappa shape index (κ1) is 17.3. The number of carboxylic acids is 1. The fourth-order valence-corrected chi connectivity index (χ4v) is 1.99. The van der Waals surface area contributed by atoms with E-state index in [1.54, 1.807) is 24.7 Å². The van der Waals surface area contributed by atoms with E-state index >= 15 is 0 Å². The van der Waals surface area contributed by atoms with E-state index in [1.165, 1.54) is 0 Å². The number of nitrogens with zero attached hydrogens (tertiary/aromatic N) is 2. The van der Waals surface area contributed by atoms with E-state index in [4.69, 9.17) is 5.11 Å². The minimum absolute atomic E-state index is 0.144. The summed E-state index contributed by atoms with van der Waals surface area (Å²) in [4.78, 5) is 25.8. The van der Waals surface area contributed by atoms with Crippen molar-refractivity contribution in [2.45, 2.75) is 38.5 Å². The van der Waals surface area contributed by atoms with E-state index < -0.39 is 5.97 Å². The molecule has 7 heteroatoms. The van der Waals surface area contributed by atoms with Crippen molar-refractivity contribution in [3.63, 3.8) is 0 Å². The summed E-state index contributed by atoms with van der Waals surface area (Å²) in [7, 11) is 0. The van der Waals surface area contributed by atoms with Crippen molar-refractivity contribution in [2.24, 2.45) is 5.10 Å². The second kappa shape index (κ2) is 10.0. The van der Waals surface area contributed by atoms with Crippen molar-refractivity contribution in [1.29, 1.82) is 0 Å². The molecule has 1 rings (SSSR count). The quantitative estimate of drug-likeness (QED) is 0.404. The molecule has 0 aliphatic heterocycles. The zero-order chi connectivity index (χ0) is 15.5. The number of halogens is 1. The first-order valence-electron chi connectivity index (χ1n) is 6.73. The van der Waals surface area contributed by atoms with Crippen molar-refractivity contribution in [2.75, 3.05) is 0 Å². The SMILES string of the molecule is O=C(O)CCCCCCC(=O)N/N=C/c1ccncc1Br. The molecule has 21 heavy (non-hydrogen) atoms. The molecule has 0 saturated heterocycles. The Labute approximate surface area is 131 Å². The highest BCUT2D eigenvalue weighted by Crippen LogP contribution is 2.11. The van der Waals surface area contributed by atoms with Crippen molar-refractivity contribution in [1.82, 2.24) is 10.4 Å². The summed E-state index contributed by atoms with van der Waals surface area (Å²) in [6.45, 7) is 0. The van der Waals surface area contributed by atoms with Crippen LogP contribution in [0.4, 0.5) is 0 Å². The Morgan fingerprint density at radius 3 is 2.67 bits per heavy atom. The molecule has 0 aromatic carbocycles. The maximum Gasteiger partial charge on any atom is 0.303 e. The number of aliphatic carboxylic acids is 1. The van der Waals surface area contributed by atoms with Crippen LogP contribution in [0, 0.1) is 0 Å². The highest BCUT2D eigenvalue weighted by atomic mass is 79.9. The van der Waals surface area contributed by atoms with Gasteiger partial charge in [0.1, 0.15) is 0 Å². The predicted molar refractivity (Wildman–Crippen MR) is 83.0 cm³/mol. The number of hydrogen-bond donors (Lipinski definition) is 2. The largest absolute Gasteiger partial charge is 0.481 e. The normalized spacial score (nSPS) is 10.7. The first-order valence-corrected chi connectivity index (χ1v) is 7.52. The van der Waals surface area contributed by atoms with Crippen LogP contribution in [0.25, 0.3) is 0 Å². The molecule has 0 spiro atoms. The number of hydrogen-bond acceptors (Lipinski definition) is 4. The van der Waals surface area contributed by atoms with Crippen LogP contribution in [-0.2, 0) is 9.59 Å². The van der Waals surface area contributed by atoms with Crippen LogP contribution in [0.1, 0.15) is 44.1 Å². The fraction of sp³-hybridized carbons (Fsp3) is 0.429. The Bertz CT molecular complexity index is 506. The zero-order valence-corrected chi connectivity index (χ0v) is 13.2. The molecule has 0 atom stereocenters. The van der Waals surface area contributed by atoms with E-state index in [-0.39, 0.29) is 12.3 Å². The topological polar surface area (TPSA) is 91.6 Å². The second-order valence-corrected chi connectivity index (χ2v) is 5.35. The first-order chi connectivity index (χ1) is 10.1. The van der Waals surface area contributed by atoms with Gasteiger partial charge in [0.25, 0.3) is 0 Å². The molecule has 114 valence electrons. The van der Waals surface area contributed by atoms with Gasteiger partial charge in [-0.05, 0) is 34.8 Å².